The summed E-state index contributed by atoms with van der Waals surface area (Å²) >= 11 is 0.950. The number of aryl methyl sites for hydroxylation is 1. The van der Waals surface area contributed by atoms with Crippen LogP contribution in [-0.2, 0) is 9.53 Å². The first kappa shape index (κ1) is 29.8. The van der Waals surface area contributed by atoms with E-state index >= 15 is 0 Å². The molecule has 11 heteroatoms. The van der Waals surface area contributed by atoms with Gasteiger partial charge in [-0.15, -0.1) is 0 Å². The molecule has 1 amide bonds. The molecule has 1 unspecified atom stereocenters. The number of para-hydroxylation sites is 1. The van der Waals surface area contributed by atoms with Crippen molar-refractivity contribution in [3.05, 3.63) is 81.8 Å². The van der Waals surface area contributed by atoms with Gasteiger partial charge in [0.2, 0.25) is 5.78 Å². The van der Waals surface area contributed by atoms with Crippen LogP contribution in [-0.4, -0.2) is 48.1 Å². The van der Waals surface area contributed by atoms with E-state index in [0.717, 1.165) is 30.6 Å². The van der Waals surface area contributed by atoms with Gasteiger partial charge in [-0.1, -0.05) is 55.4 Å². The summed E-state index contributed by atoms with van der Waals surface area (Å²) in [6.45, 7) is 6.11. The molecule has 0 aliphatic carbocycles. The number of rotatable bonds is 12. The number of amides is 1. The molecule has 0 spiro atoms. The lowest BCUT2D eigenvalue weighted by atomic mass is 9.95. The quantitative estimate of drug-likeness (QED) is 0.106. The van der Waals surface area contributed by atoms with E-state index in [1.165, 1.54) is 12.0 Å². The Bertz CT molecular complexity index is 1720. The van der Waals surface area contributed by atoms with Gasteiger partial charge in [0, 0.05) is 5.39 Å². The smallest absolute Gasteiger partial charge is 0.350 e. The average molecular weight is 605 g/mol. The maximum absolute atomic E-state index is 14.1. The van der Waals surface area contributed by atoms with Crippen LogP contribution in [0.1, 0.15) is 70.6 Å². The molecule has 4 aromatic rings. The van der Waals surface area contributed by atoms with Crippen molar-refractivity contribution in [1.82, 2.24) is 4.98 Å². The van der Waals surface area contributed by atoms with E-state index in [9.17, 15) is 19.5 Å². The number of ketones is 1. The van der Waals surface area contributed by atoms with Crippen LogP contribution >= 0.6 is 11.3 Å². The number of methoxy groups -OCH3 is 1. The lowest BCUT2D eigenvalue weighted by Gasteiger charge is -2.24. The molecule has 5 rings (SSSR count). The van der Waals surface area contributed by atoms with Gasteiger partial charge >= 0.3 is 5.97 Å². The Hall–Kier alpha value is -4.64. The van der Waals surface area contributed by atoms with Crippen molar-refractivity contribution >= 4 is 45.1 Å². The van der Waals surface area contributed by atoms with Crippen molar-refractivity contribution in [3.63, 3.8) is 0 Å². The second-order valence-corrected chi connectivity index (χ2v) is 10.9. The number of aromatic nitrogens is 1. The zero-order valence-corrected chi connectivity index (χ0v) is 25.2. The van der Waals surface area contributed by atoms with Crippen LogP contribution < -0.4 is 14.4 Å². The molecule has 1 atom stereocenters. The highest BCUT2D eigenvalue weighted by Gasteiger charge is 2.47. The number of ether oxygens (including phenoxy) is 3. The van der Waals surface area contributed by atoms with Crippen molar-refractivity contribution in [2.24, 2.45) is 0 Å². The first-order valence-corrected chi connectivity index (χ1v) is 14.9. The minimum atomic E-state index is -1.09. The molecule has 2 aromatic carbocycles. The summed E-state index contributed by atoms with van der Waals surface area (Å²) in [6, 6.07) is 12.7. The highest BCUT2D eigenvalue weighted by molar-refractivity contribution is 7.17. The van der Waals surface area contributed by atoms with Gasteiger partial charge in [0.05, 0.1) is 37.6 Å². The number of hydrogen-bond acceptors (Lipinski definition) is 10. The summed E-state index contributed by atoms with van der Waals surface area (Å²) in [5, 5.41) is 12.0. The Labute approximate surface area is 252 Å². The summed E-state index contributed by atoms with van der Waals surface area (Å²) < 4.78 is 22.4. The van der Waals surface area contributed by atoms with E-state index in [2.05, 4.69) is 11.9 Å². The molecule has 224 valence electrons. The fourth-order valence-corrected chi connectivity index (χ4v) is 5.97. The lowest BCUT2D eigenvalue weighted by Crippen LogP contribution is -2.31. The van der Waals surface area contributed by atoms with Gasteiger partial charge in [0.15, 0.2) is 28.0 Å². The van der Waals surface area contributed by atoms with Crippen molar-refractivity contribution in [3.8, 4) is 11.5 Å². The van der Waals surface area contributed by atoms with Crippen LogP contribution in [0.2, 0.25) is 0 Å². The number of anilines is 1. The lowest BCUT2D eigenvalue weighted by molar-refractivity contribution is -0.117. The van der Waals surface area contributed by atoms with Crippen LogP contribution in [0.5, 0.6) is 11.5 Å². The van der Waals surface area contributed by atoms with Crippen molar-refractivity contribution in [2.45, 2.75) is 46.1 Å². The average Bonchev–Trinajstić information content (AvgIpc) is 3.69. The minimum Gasteiger partial charge on any atom is -0.503 e. The van der Waals surface area contributed by atoms with Crippen molar-refractivity contribution < 1.29 is 38.1 Å². The third-order valence-electron chi connectivity index (χ3n) is 7.05. The van der Waals surface area contributed by atoms with E-state index in [4.69, 9.17) is 18.6 Å². The highest BCUT2D eigenvalue weighted by Crippen LogP contribution is 2.45. The number of aliphatic hydroxyl groups excluding tert-OH is 1. The maximum atomic E-state index is 14.1. The molecule has 0 radical (unpaired) electrons. The van der Waals surface area contributed by atoms with Crippen LogP contribution in [0, 0.1) is 6.92 Å². The molecular weight excluding hydrogens is 572 g/mol. The molecule has 10 nitrogen and oxygen atoms in total. The van der Waals surface area contributed by atoms with Gasteiger partial charge in [-0.05, 0) is 50.1 Å². The summed E-state index contributed by atoms with van der Waals surface area (Å²) in [7, 11) is 1.49. The molecule has 2 aromatic heterocycles. The van der Waals surface area contributed by atoms with E-state index < -0.39 is 29.5 Å². The summed E-state index contributed by atoms with van der Waals surface area (Å²) in [5.41, 5.74) is 1.05. The van der Waals surface area contributed by atoms with E-state index in [1.54, 1.807) is 62.4 Å². The maximum Gasteiger partial charge on any atom is 0.350 e. The number of aliphatic hydroxyl groups is 1. The van der Waals surface area contributed by atoms with Crippen molar-refractivity contribution in [2.75, 3.05) is 25.2 Å². The zero-order chi connectivity index (χ0) is 30.7. The summed E-state index contributed by atoms with van der Waals surface area (Å²) in [4.78, 5) is 46.3. The minimum absolute atomic E-state index is 0.0739. The molecule has 0 saturated carbocycles. The largest absolute Gasteiger partial charge is 0.503 e. The van der Waals surface area contributed by atoms with E-state index in [0.29, 0.717) is 40.3 Å². The number of unbranched alkanes of at least 4 members (excludes halogenated alkanes) is 2. The topological polar surface area (TPSA) is 128 Å². The van der Waals surface area contributed by atoms with Gasteiger partial charge in [-0.25, -0.2) is 9.78 Å². The summed E-state index contributed by atoms with van der Waals surface area (Å²) in [5.74, 6) is -1.90. The number of nitrogens with zero attached hydrogens (tertiary/aromatic N) is 2. The zero-order valence-electron chi connectivity index (χ0n) is 24.3. The van der Waals surface area contributed by atoms with Crippen LogP contribution in [0.3, 0.4) is 0 Å². The Morgan fingerprint density at radius 3 is 2.65 bits per heavy atom. The number of benzene rings is 2. The number of fused-ring (bicyclic) bond motifs is 1. The number of furan rings is 1. The number of carbonyl (C=O) groups excluding carboxylic acids is 3. The Morgan fingerprint density at radius 1 is 1.12 bits per heavy atom. The summed E-state index contributed by atoms with van der Waals surface area (Å²) in [6.07, 6.45) is 2.95. The van der Waals surface area contributed by atoms with Gasteiger partial charge in [0.25, 0.3) is 5.91 Å². The molecule has 3 heterocycles. The predicted molar refractivity (Wildman–Crippen MR) is 161 cm³/mol. The first-order valence-electron chi connectivity index (χ1n) is 14.0. The molecular formula is C32H32N2O8S. The highest BCUT2D eigenvalue weighted by atomic mass is 32.1. The molecule has 1 aliphatic heterocycles. The van der Waals surface area contributed by atoms with Crippen LogP contribution in [0.25, 0.3) is 11.0 Å². The third kappa shape index (κ3) is 5.72. The molecule has 43 heavy (non-hydrogen) atoms. The number of hydrogen-bond donors (Lipinski definition) is 1. The fraction of sp³-hybridized carbons (Fsp3) is 0.312. The van der Waals surface area contributed by atoms with Gasteiger partial charge in [-0.3, -0.25) is 14.5 Å². The standard InChI is InChI=1S/C32H32N2O8S/c1-5-7-8-15-41-21-13-9-11-19(16-21)25-24(26(35)23-17-20-12-10-14-22(39-4)28(20)42-23)27(36)30(37)34(25)32-33-18(3)29(43-32)31(38)40-6-2/h9-14,16-17,25,36H,5-8,15H2,1-4H3. The Balaban J connectivity index is 1.60. The second-order valence-electron chi connectivity index (χ2n) is 9.92. The number of thiazole rings is 1. The predicted octanol–water partition coefficient (Wildman–Crippen LogP) is 6.73. The first-order chi connectivity index (χ1) is 20.8. The molecule has 0 fully saturated rings. The monoisotopic (exact) mass is 604 g/mol. The molecule has 0 saturated heterocycles. The third-order valence-corrected chi connectivity index (χ3v) is 8.18. The van der Waals surface area contributed by atoms with Crippen LogP contribution in [0.4, 0.5) is 5.13 Å². The molecule has 0 bridgehead atoms. The second kappa shape index (κ2) is 12.7. The Morgan fingerprint density at radius 2 is 1.91 bits per heavy atom. The van der Waals surface area contributed by atoms with E-state index in [1.807, 2.05) is 0 Å². The normalized spacial score (nSPS) is 14.9. The SMILES string of the molecule is CCCCCOc1cccc(C2C(C(=O)c3cc4cccc(OC)c4o3)=C(O)C(=O)N2c2nc(C)c(C(=O)OCC)s2)c1. The van der Waals surface area contributed by atoms with Gasteiger partial charge in [-0.2, -0.15) is 0 Å². The van der Waals surface area contributed by atoms with Crippen molar-refractivity contribution in [1.29, 1.82) is 0 Å². The van der Waals surface area contributed by atoms with E-state index in [-0.39, 0.29) is 27.9 Å². The Kier molecular flexibility index (Phi) is 8.81. The van der Waals surface area contributed by atoms with Crippen LogP contribution in [0.15, 0.2) is 64.3 Å². The number of esters is 1. The van der Waals surface area contributed by atoms with Gasteiger partial charge < -0.3 is 23.7 Å². The molecule has 1 N–H and O–H groups in total. The number of Topliss-reactive ketones (excluding diaryl/α,β-unsaturated/α-hetero) is 1. The number of carbonyl (C=O) groups is 3. The van der Waals surface area contributed by atoms with Gasteiger partial charge in [0.1, 0.15) is 10.6 Å². The molecule has 1 aliphatic rings. The fourth-order valence-electron chi connectivity index (χ4n) is 4.98.